The second-order valence-corrected chi connectivity index (χ2v) is 11.3. The minimum Gasteiger partial charge on any atom is -0.377 e. The molecule has 0 saturated carbocycles. The van der Waals surface area contributed by atoms with Crippen LogP contribution in [-0.4, -0.2) is 49.6 Å². The quantitative estimate of drug-likeness (QED) is 0.214. The van der Waals surface area contributed by atoms with Crippen molar-refractivity contribution in [1.82, 2.24) is 9.55 Å². The van der Waals surface area contributed by atoms with Gasteiger partial charge in [-0.3, -0.25) is 0 Å². The second-order valence-electron chi connectivity index (χ2n) is 9.66. The van der Waals surface area contributed by atoms with Gasteiger partial charge < -0.3 is 29.2 Å². The Morgan fingerprint density at radius 3 is 2.68 bits per heavy atom. The van der Waals surface area contributed by atoms with Crippen LogP contribution in [0.5, 0.6) is 0 Å². The molecule has 5 rings (SSSR count). The molecule has 11 heteroatoms. The van der Waals surface area contributed by atoms with Gasteiger partial charge >= 0.3 is 0 Å². The Labute approximate surface area is 222 Å². The van der Waals surface area contributed by atoms with Crippen molar-refractivity contribution in [1.29, 1.82) is 5.26 Å². The number of aliphatic hydroxyl groups is 1. The van der Waals surface area contributed by atoms with E-state index in [4.69, 9.17) is 25.8 Å². The molecule has 196 valence electrons. The number of anilines is 1. The van der Waals surface area contributed by atoms with Gasteiger partial charge in [0.2, 0.25) is 0 Å². The number of nitrogens with zero attached hydrogens (tertiary/aromatic N) is 3. The molecule has 5 atom stereocenters. The van der Waals surface area contributed by atoms with Gasteiger partial charge in [-0.25, -0.2) is 9.37 Å². The fourth-order valence-corrected chi connectivity index (χ4v) is 5.85. The first kappa shape index (κ1) is 26.1. The van der Waals surface area contributed by atoms with Crippen LogP contribution in [0.15, 0.2) is 36.5 Å². The average Bonchev–Trinajstić information content (AvgIpc) is 3.48. The van der Waals surface area contributed by atoms with E-state index >= 15 is 0 Å². The molecule has 0 unspecified atom stereocenters. The third-order valence-electron chi connectivity index (χ3n) is 6.56. The standard InChI is InChI=1S/C26H28ClFN4O4S/c1-13(15-5-7-16(28)8-6-15)30-20-17-9-10-32(24(17)31-23(27)18(20)11-29)25-22-21(35-26(3,4)36-22)19(34-25)12-37-14(2)33/h5-10,13,19,21-22,25,33,37H,12H2,1-4H3,(H,30,31)/t13-,19-,21-,22-,25-/m1/s1. The van der Waals surface area contributed by atoms with E-state index in [2.05, 4.69) is 16.4 Å². The van der Waals surface area contributed by atoms with Crippen molar-refractivity contribution in [2.75, 3.05) is 11.1 Å². The molecule has 2 aromatic heterocycles. The summed E-state index contributed by atoms with van der Waals surface area (Å²) in [6.07, 6.45) is 0.248. The minimum atomic E-state index is -0.788. The summed E-state index contributed by atoms with van der Waals surface area (Å²) in [5.41, 5.74) is 2.13. The highest BCUT2D eigenvalue weighted by atomic mass is 35.5. The third-order valence-corrected chi connectivity index (χ3v) is 7.83. The lowest BCUT2D eigenvalue weighted by molar-refractivity contribution is -0.193. The Morgan fingerprint density at radius 2 is 2.00 bits per heavy atom. The van der Waals surface area contributed by atoms with Crippen LogP contribution < -0.4 is 5.32 Å². The molecule has 0 radical (unpaired) electrons. The highest BCUT2D eigenvalue weighted by Crippen LogP contribution is 2.45. The van der Waals surface area contributed by atoms with Gasteiger partial charge in [-0.1, -0.05) is 23.7 Å². The van der Waals surface area contributed by atoms with Crippen LogP contribution in [0.2, 0.25) is 5.15 Å². The monoisotopic (exact) mass is 546 g/mol. The van der Waals surface area contributed by atoms with Crippen LogP contribution in [0.4, 0.5) is 10.1 Å². The van der Waals surface area contributed by atoms with Crippen LogP contribution >= 0.6 is 23.0 Å². The van der Waals surface area contributed by atoms with E-state index in [0.717, 1.165) is 16.9 Å². The number of thiol groups is 1. The molecule has 2 saturated heterocycles. The molecule has 0 aliphatic carbocycles. The highest BCUT2D eigenvalue weighted by molar-refractivity contribution is 7.98. The summed E-state index contributed by atoms with van der Waals surface area (Å²) in [6, 6.07) is 9.96. The third kappa shape index (κ3) is 5.00. The molecule has 0 spiro atoms. The molecule has 37 heavy (non-hydrogen) atoms. The molecule has 2 N–H and O–H groups in total. The molecule has 3 aromatic rings. The molecule has 8 nitrogen and oxygen atoms in total. The molecule has 2 aliphatic rings. The smallest absolute Gasteiger partial charge is 0.164 e. The number of aliphatic hydroxyl groups excluding tert-OH is 1. The van der Waals surface area contributed by atoms with Gasteiger partial charge in [-0.15, -0.1) is 0 Å². The zero-order valence-electron chi connectivity index (χ0n) is 20.8. The number of hydrogen-bond donors (Lipinski definition) is 3. The van der Waals surface area contributed by atoms with Gasteiger partial charge in [-0.2, -0.15) is 16.6 Å². The number of hydrogen-bond acceptors (Lipinski definition) is 6. The van der Waals surface area contributed by atoms with E-state index in [-0.39, 0.29) is 34.8 Å². The average molecular weight is 547 g/mol. The van der Waals surface area contributed by atoms with Crippen molar-refractivity contribution in [3.05, 3.63) is 58.6 Å². The second kappa shape index (κ2) is 9.98. The van der Waals surface area contributed by atoms with Crippen molar-refractivity contribution in [2.45, 2.75) is 64.1 Å². The van der Waals surface area contributed by atoms with Crippen LogP contribution in [-0.2, 0) is 14.2 Å². The number of fused-ring (bicyclic) bond motifs is 2. The lowest BCUT2D eigenvalue weighted by Crippen LogP contribution is -2.31. The number of ether oxygens (including phenoxy) is 3. The Bertz CT molecular complexity index is 1400. The summed E-state index contributed by atoms with van der Waals surface area (Å²) in [7, 11) is 0. The van der Waals surface area contributed by atoms with Crippen molar-refractivity contribution in [2.24, 2.45) is 0 Å². The lowest BCUT2D eigenvalue weighted by atomic mass is 10.1. The van der Waals surface area contributed by atoms with E-state index in [1.54, 1.807) is 19.1 Å². The predicted molar refractivity (Wildman–Crippen MR) is 143 cm³/mol. The zero-order valence-corrected chi connectivity index (χ0v) is 22.4. The zero-order chi connectivity index (χ0) is 26.5. The first-order valence-corrected chi connectivity index (χ1v) is 13.4. The minimum absolute atomic E-state index is 0.0581. The number of nitriles is 1. The number of pyridine rings is 1. The van der Waals surface area contributed by atoms with Gasteiger partial charge in [-0.05, 0) is 51.5 Å². The first-order chi connectivity index (χ1) is 17.6. The number of nitrogens with one attached hydrogen (secondary N) is 1. The summed E-state index contributed by atoms with van der Waals surface area (Å²) < 4.78 is 34.1. The van der Waals surface area contributed by atoms with Crippen molar-refractivity contribution in [3.63, 3.8) is 0 Å². The Hall–Kier alpha value is -2.52. The normalized spacial score (nSPS) is 25.9. The van der Waals surface area contributed by atoms with Crippen LogP contribution in [0, 0.1) is 17.1 Å². The van der Waals surface area contributed by atoms with Gasteiger partial charge in [0, 0.05) is 23.4 Å². The van der Waals surface area contributed by atoms with Gasteiger partial charge in [0.05, 0.1) is 16.8 Å². The van der Waals surface area contributed by atoms with E-state index < -0.39 is 18.1 Å². The SMILES string of the molecule is CC(O)=[SH]C[C@H]1O[C@@H](n2ccc3c(N[C@H](C)c4ccc(F)cc4)c(C#N)c(Cl)nc32)[C@@H]2OC(C)(C)O[C@@H]21. The van der Waals surface area contributed by atoms with E-state index in [1.165, 1.54) is 12.1 Å². The number of aromatic nitrogens is 2. The maximum atomic E-state index is 13.4. The van der Waals surface area contributed by atoms with Crippen molar-refractivity contribution in [3.8, 4) is 6.07 Å². The molecular formula is C26H28ClFN4O4S. The van der Waals surface area contributed by atoms with Crippen molar-refractivity contribution < 1.29 is 23.7 Å². The molecule has 1 aromatic carbocycles. The molecule has 2 aliphatic heterocycles. The summed E-state index contributed by atoms with van der Waals surface area (Å²) in [6.45, 7) is 7.30. The fourth-order valence-electron chi connectivity index (χ4n) is 4.90. The van der Waals surface area contributed by atoms with Crippen LogP contribution in [0.25, 0.3) is 11.0 Å². The number of benzene rings is 1. The van der Waals surface area contributed by atoms with Crippen molar-refractivity contribution >= 4 is 44.7 Å². The predicted octanol–water partition coefficient (Wildman–Crippen LogP) is 5.46. The largest absolute Gasteiger partial charge is 0.377 e. The maximum Gasteiger partial charge on any atom is 0.164 e. The molecule has 4 heterocycles. The Kier molecular flexibility index (Phi) is 7.04. The highest BCUT2D eigenvalue weighted by Gasteiger charge is 2.55. The summed E-state index contributed by atoms with van der Waals surface area (Å²) >= 11 is 7.26. The summed E-state index contributed by atoms with van der Waals surface area (Å²) in [5.74, 6) is -0.557. The lowest BCUT2D eigenvalue weighted by Gasteiger charge is -2.25. The first-order valence-electron chi connectivity index (χ1n) is 11.9. The molecule has 0 bridgehead atoms. The number of rotatable bonds is 6. The topological polar surface area (TPSA) is 102 Å². The summed E-state index contributed by atoms with van der Waals surface area (Å²) in [5, 5.41) is 24.0. The van der Waals surface area contributed by atoms with Gasteiger partial charge in [0.25, 0.3) is 0 Å². The van der Waals surface area contributed by atoms with Gasteiger partial charge in [0.1, 0.15) is 35.3 Å². The maximum absolute atomic E-state index is 13.4. The fraction of sp³-hybridized carbons (Fsp3) is 0.423. The summed E-state index contributed by atoms with van der Waals surface area (Å²) in [4.78, 5) is 4.55. The van der Waals surface area contributed by atoms with E-state index in [9.17, 15) is 14.8 Å². The Morgan fingerprint density at radius 1 is 1.30 bits per heavy atom. The Balaban J connectivity index is 1.54. The van der Waals surface area contributed by atoms with E-state index in [1.807, 2.05) is 37.6 Å². The van der Waals surface area contributed by atoms with Crippen LogP contribution in [0.1, 0.15) is 51.1 Å². The molecule has 2 fully saturated rings. The molecule has 0 amide bonds. The molecular weight excluding hydrogens is 519 g/mol. The number of halogens is 2. The van der Waals surface area contributed by atoms with Gasteiger partial charge in [0.15, 0.2) is 17.2 Å². The van der Waals surface area contributed by atoms with Crippen LogP contribution in [0.3, 0.4) is 0 Å². The van der Waals surface area contributed by atoms with E-state index in [0.29, 0.717) is 27.5 Å².